The number of nitrogens with zero attached hydrogens (tertiary/aromatic N) is 1. The Labute approximate surface area is 80.6 Å². The monoisotopic (exact) mass is 200 g/mol. The zero-order chi connectivity index (χ0) is 10.8. The minimum absolute atomic E-state index is 0.0847. The van der Waals surface area contributed by atoms with Gasteiger partial charge in [-0.05, 0) is 13.8 Å². The number of oxazole rings is 1. The molecule has 0 bridgehead atoms. The fraction of sp³-hybridized carbons (Fsp3) is 0.500. The molecular formula is C8H12N2O4. The van der Waals surface area contributed by atoms with Crippen molar-refractivity contribution >= 4 is 12.0 Å². The SMILES string of the molecule is CC(C)(CO)Nc1nc(C(=O)O)co1. The van der Waals surface area contributed by atoms with Gasteiger partial charge in [-0.15, -0.1) is 0 Å². The molecule has 1 heterocycles. The predicted octanol–water partition coefficient (Wildman–Crippen LogP) is 0.556. The molecule has 1 aromatic rings. The van der Waals surface area contributed by atoms with Crippen LogP contribution in [0.15, 0.2) is 10.7 Å². The Morgan fingerprint density at radius 3 is 2.79 bits per heavy atom. The highest BCUT2D eigenvalue weighted by Crippen LogP contribution is 2.13. The van der Waals surface area contributed by atoms with Crippen LogP contribution in [-0.2, 0) is 0 Å². The second kappa shape index (κ2) is 3.67. The lowest BCUT2D eigenvalue weighted by molar-refractivity contribution is 0.0690. The first-order valence-corrected chi connectivity index (χ1v) is 4.02. The number of aromatic nitrogens is 1. The molecule has 3 N–H and O–H groups in total. The van der Waals surface area contributed by atoms with E-state index in [1.165, 1.54) is 0 Å². The van der Waals surface area contributed by atoms with Crippen molar-refractivity contribution in [3.05, 3.63) is 12.0 Å². The van der Waals surface area contributed by atoms with Gasteiger partial charge in [0.2, 0.25) is 0 Å². The summed E-state index contributed by atoms with van der Waals surface area (Å²) in [6.07, 6.45) is 1.04. The minimum atomic E-state index is -1.15. The van der Waals surface area contributed by atoms with Crippen LogP contribution in [0.5, 0.6) is 0 Å². The van der Waals surface area contributed by atoms with E-state index in [1.54, 1.807) is 13.8 Å². The normalized spacial score (nSPS) is 11.4. The van der Waals surface area contributed by atoms with Gasteiger partial charge in [0.1, 0.15) is 6.26 Å². The lowest BCUT2D eigenvalue weighted by Gasteiger charge is -2.21. The number of hydrogen-bond acceptors (Lipinski definition) is 5. The third kappa shape index (κ3) is 2.46. The minimum Gasteiger partial charge on any atom is -0.476 e. The Bertz CT molecular complexity index is 332. The van der Waals surface area contributed by atoms with Crippen molar-refractivity contribution in [2.45, 2.75) is 19.4 Å². The zero-order valence-corrected chi connectivity index (χ0v) is 7.94. The van der Waals surface area contributed by atoms with Crippen molar-refractivity contribution in [1.29, 1.82) is 0 Å². The molecule has 0 atom stereocenters. The van der Waals surface area contributed by atoms with Crippen LogP contribution in [0.2, 0.25) is 0 Å². The Morgan fingerprint density at radius 2 is 2.36 bits per heavy atom. The summed E-state index contributed by atoms with van der Waals surface area (Å²) in [6.45, 7) is 3.35. The van der Waals surface area contributed by atoms with Gasteiger partial charge < -0.3 is 19.9 Å². The molecule has 1 aromatic heterocycles. The van der Waals surface area contributed by atoms with Gasteiger partial charge in [-0.25, -0.2) is 4.79 Å². The molecular weight excluding hydrogens is 188 g/mol. The van der Waals surface area contributed by atoms with E-state index >= 15 is 0 Å². The smallest absolute Gasteiger partial charge is 0.357 e. The molecule has 78 valence electrons. The molecule has 0 aliphatic heterocycles. The number of carboxylic acid groups (broad SMARTS) is 1. The molecule has 0 aliphatic rings. The van der Waals surface area contributed by atoms with E-state index < -0.39 is 11.5 Å². The van der Waals surface area contributed by atoms with Gasteiger partial charge in [0, 0.05) is 0 Å². The summed E-state index contributed by atoms with van der Waals surface area (Å²) in [6, 6.07) is 0.0847. The standard InChI is InChI=1S/C8H12N2O4/c1-8(2,4-11)10-7-9-5(3-14-7)6(12)13/h3,11H,4H2,1-2H3,(H,9,10)(H,12,13). The highest BCUT2D eigenvalue weighted by Gasteiger charge is 2.19. The van der Waals surface area contributed by atoms with E-state index in [4.69, 9.17) is 14.6 Å². The van der Waals surface area contributed by atoms with Crippen LogP contribution in [0.4, 0.5) is 6.01 Å². The molecule has 0 unspecified atom stereocenters. The van der Waals surface area contributed by atoms with E-state index in [0.29, 0.717) is 0 Å². The summed E-state index contributed by atoms with van der Waals surface area (Å²) in [4.78, 5) is 14.1. The summed E-state index contributed by atoms with van der Waals surface area (Å²) < 4.78 is 4.85. The maximum absolute atomic E-state index is 10.4. The van der Waals surface area contributed by atoms with Gasteiger partial charge in [-0.2, -0.15) is 4.98 Å². The topological polar surface area (TPSA) is 95.6 Å². The summed E-state index contributed by atoms with van der Waals surface area (Å²) in [5.41, 5.74) is -0.762. The molecule has 0 aromatic carbocycles. The second-order valence-electron chi connectivity index (χ2n) is 3.51. The number of hydrogen-bond donors (Lipinski definition) is 3. The number of rotatable bonds is 4. The number of aliphatic hydroxyl groups excluding tert-OH is 1. The summed E-state index contributed by atoms with van der Waals surface area (Å²) >= 11 is 0. The average Bonchev–Trinajstić information content (AvgIpc) is 2.52. The van der Waals surface area contributed by atoms with Crippen LogP contribution in [0.25, 0.3) is 0 Å². The molecule has 0 amide bonds. The fourth-order valence-electron chi connectivity index (χ4n) is 0.758. The third-order valence-electron chi connectivity index (χ3n) is 1.56. The van der Waals surface area contributed by atoms with Crippen molar-refractivity contribution in [2.24, 2.45) is 0 Å². The van der Waals surface area contributed by atoms with E-state index in [2.05, 4.69) is 10.3 Å². The molecule has 0 saturated heterocycles. The van der Waals surface area contributed by atoms with Gasteiger partial charge in [-0.3, -0.25) is 0 Å². The van der Waals surface area contributed by atoms with E-state index in [-0.39, 0.29) is 18.3 Å². The molecule has 0 aliphatic carbocycles. The van der Waals surface area contributed by atoms with E-state index in [0.717, 1.165) is 6.26 Å². The largest absolute Gasteiger partial charge is 0.476 e. The third-order valence-corrected chi connectivity index (χ3v) is 1.56. The van der Waals surface area contributed by atoms with Crippen LogP contribution in [-0.4, -0.2) is 33.3 Å². The molecule has 0 fully saturated rings. The van der Waals surface area contributed by atoms with Gasteiger partial charge >= 0.3 is 5.97 Å². The van der Waals surface area contributed by atoms with Gasteiger partial charge in [-0.1, -0.05) is 0 Å². The number of anilines is 1. The Hall–Kier alpha value is -1.56. The average molecular weight is 200 g/mol. The Balaban J connectivity index is 2.73. The van der Waals surface area contributed by atoms with Crippen molar-refractivity contribution < 1.29 is 19.4 Å². The molecule has 6 nitrogen and oxygen atoms in total. The van der Waals surface area contributed by atoms with Crippen LogP contribution in [0.3, 0.4) is 0 Å². The van der Waals surface area contributed by atoms with Crippen LogP contribution in [0, 0.1) is 0 Å². The maximum Gasteiger partial charge on any atom is 0.357 e. The van der Waals surface area contributed by atoms with Crippen molar-refractivity contribution in [3.8, 4) is 0 Å². The number of carbonyl (C=O) groups is 1. The number of aliphatic hydroxyl groups is 1. The first kappa shape index (κ1) is 10.5. The van der Waals surface area contributed by atoms with Crippen molar-refractivity contribution in [2.75, 3.05) is 11.9 Å². The zero-order valence-electron chi connectivity index (χ0n) is 7.94. The maximum atomic E-state index is 10.4. The fourth-order valence-corrected chi connectivity index (χ4v) is 0.758. The molecule has 0 spiro atoms. The van der Waals surface area contributed by atoms with Crippen LogP contribution in [0.1, 0.15) is 24.3 Å². The summed E-state index contributed by atoms with van der Waals surface area (Å²) in [7, 11) is 0. The first-order chi connectivity index (χ1) is 6.44. The number of nitrogens with one attached hydrogen (secondary N) is 1. The highest BCUT2D eigenvalue weighted by molar-refractivity contribution is 5.85. The quantitative estimate of drug-likeness (QED) is 0.657. The number of carboxylic acids is 1. The van der Waals surface area contributed by atoms with Gasteiger partial charge in [0.25, 0.3) is 6.01 Å². The van der Waals surface area contributed by atoms with Crippen molar-refractivity contribution in [1.82, 2.24) is 4.98 Å². The first-order valence-electron chi connectivity index (χ1n) is 4.02. The molecule has 1 rings (SSSR count). The molecule has 6 heteroatoms. The van der Waals surface area contributed by atoms with Crippen LogP contribution >= 0.6 is 0 Å². The predicted molar refractivity (Wildman–Crippen MR) is 48.2 cm³/mol. The van der Waals surface area contributed by atoms with E-state index in [9.17, 15) is 4.79 Å². The highest BCUT2D eigenvalue weighted by atomic mass is 16.4. The van der Waals surface area contributed by atoms with Gasteiger partial charge in [0.05, 0.1) is 12.1 Å². The molecule has 0 radical (unpaired) electrons. The molecule has 14 heavy (non-hydrogen) atoms. The number of aromatic carboxylic acids is 1. The molecule has 0 saturated carbocycles. The summed E-state index contributed by atoms with van der Waals surface area (Å²) in [5.74, 6) is -1.15. The van der Waals surface area contributed by atoms with Crippen LogP contribution < -0.4 is 5.32 Å². The van der Waals surface area contributed by atoms with Gasteiger partial charge in [0.15, 0.2) is 5.69 Å². The van der Waals surface area contributed by atoms with E-state index in [1.807, 2.05) is 0 Å². The summed E-state index contributed by atoms with van der Waals surface area (Å²) in [5, 5.41) is 20.2. The lowest BCUT2D eigenvalue weighted by Crippen LogP contribution is -2.35. The van der Waals surface area contributed by atoms with Crippen molar-refractivity contribution in [3.63, 3.8) is 0 Å². The Kier molecular flexibility index (Phi) is 2.76. The Morgan fingerprint density at radius 1 is 1.71 bits per heavy atom. The lowest BCUT2D eigenvalue weighted by atomic mass is 10.1. The second-order valence-corrected chi connectivity index (χ2v) is 3.51.